The first-order valence-electron chi connectivity index (χ1n) is 10.8. The first-order chi connectivity index (χ1) is 15.9. The number of hydrogen-bond donors (Lipinski definition) is 1. The topological polar surface area (TPSA) is 95.1 Å². The number of oxazole rings is 1. The molecule has 0 radical (unpaired) electrons. The molecular formula is C25H27N5O3. The highest BCUT2D eigenvalue weighted by Crippen LogP contribution is 2.30. The average molecular weight is 446 g/mol. The maximum Gasteiger partial charge on any atom is 0.278 e. The molecule has 1 amide bonds. The molecule has 2 heterocycles. The van der Waals surface area contributed by atoms with Gasteiger partial charge in [0.25, 0.3) is 5.91 Å². The summed E-state index contributed by atoms with van der Waals surface area (Å²) in [6.45, 7) is 10.5. The van der Waals surface area contributed by atoms with Crippen LogP contribution in [-0.2, 0) is 6.54 Å². The van der Waals surface area contributed by atoms with Gasteiger partial charge in [-0.05, 0) is 70.0 Å². The summed E-state index contributed by atoms with van der Waals surface area (Å²) in [7, 11) is 0. The second-order valence-electron chi connectivity index (χ2n) is 7.96. The minimum Gasteiger partial charge on any atom is -0.493 e. The number of nitrogens with one attached hydrogen (secondary N) is 1. The summed E-state index contributed by atoms with van der Waals surface area (Å²) in [5.41, 5.74) is 5.31. The van der Waals surface area contributed by atoms with Gasteiger partial charge < -0.3 is 14.5 Å². The second kappa shape index (κ2) is 9.28. The van der Waals surface area contributed by atoms with Crippen molar-refractivity contribution in [1.82, 2.24) is 20.0 Å². The normalized spacial score (nSPS) is 10.9. The molecule has 2 aromatic heterocycles. The van der Waals surface area contributed by atoms with Crippen LogP contribution in [0.3, 0.4) is 0 Å². The van der Waals surface area contributed by atoms with Crippen LogP contribution < -0.4 is 10.1 Å². The van der Waals surface area contributed by atoms with Gasteiger partial charge in [-0.25, -0.2) is 9.67 Å². The van der Waals surface area contributed by atoms with Crippen LogP contribution >= 0.6 is 0 Å². The Morgan fingerprint density at radius 2 is 1.82 bits per heavy atom. The molecule has 0 atom stereocenters. The maximum atomic E-state index is 12.8. The van der Waals surface area contributed by atoms with E-state index in [9.17, 15) is 4.79 Å². The molecule has 0 spiro atoms. The van der Waals surface area contributed by atoms with Gasteiger partial charge in [0.2, 0.25) is 5.89 Å². The number of hydrogen-bond acceptors (Lipinski definition) is 6. The Hall–Kier alpha value is -3.94. The monoisotopic (exact) mass is 445 g/mol. The van der Waals surface area contributed by atoms with Crippen molar-refractivity contribution in [2.75, 3.05) is 11.9 Å². The molecule has 33 heavy (non-hydrogen) atoms. The molecule has 0 fully saturated rings. The number of amides is 1. The third-order valence-electron chi connectivity index (χ3n) is 5.29. The molecule has 170 valence electrons. The van der Waals surface area contributed by atoms with E-state index in [0.29, 0.717) is 36.2 Å². The Bertz CT molecular complexity index is 1290. The summed E-state index contributed by atoms with van der Waals surface area (Å²) >= 11 is 0. The van der Waals surface area contributed by atoms with Crippen molar-refractivity contribution in [3.8, 4) is 17.2 Å². The molecule has 8 nitrogen and oxygen atoms in total. The van der Waals surface area contributed by atoms with Crippen molar-refractivity contribution in [2.45, 2.75) is 41.2 Å². The molecule has 4 aromatic rings. The summed E-state index contributed by atoms with van der Waals surface area (Å²) in [6.07, 6.45) is 0. The standard InChI is InChI=1S/C25H27N5O3/c1-6-32-22-10-8-7-9-20(22)25-27-21(18(5)33-25)14-30-17(4)23(28-29-30)24(31)26-19-12-15(2)11-16(3)13-19/h7-13H,6,14H2,1-5H3,(H,26,31). The number of rotatable bonds is 7. The molecule has 0 saturated carbocycles. The second-order valence-corrected chi connectivity index (χ2v) is 7.96. The quantitative estimate of drug-likeness (QED) is 0.436. The van der Waals surface area contributed by atoms with E-state index in [1.165, 1.54) is 0 Å². The van der Waals surface area contributed by atoms with Crippen LogP contribution in [0.4, 0.5) is 5.69 Å². The van der Waals surface area contributed by atoms with Gasteiger partial charge in [0.05, 0.1) is 24.4 Å². The number of anilines is 1. The van der Waals surface area contributed by atoms with Gasteiger partial charge in [-0.15, -0.1) is 5.10 Å². The van der Waals surface area contributed by atoms with Gasteiger partial charge >= 0.3 is 0 Å². The molecule has 2 aromatic carbocycles. The van der Waals surface area contributed by atoms with Crippen molar-refractivity contribution >= 4 is 11.6 Å². The smallest absolute Gasteiger partial charge is 0.278 e. The van der Waals surface area contributed by atoms with Gasteiger partial charge in [-0.2, -0.15) is 0 Å². The van der Waals surface area contributed by atoms with E-state index in [2.05, 4.69) is 26.7 Å². The minimum absolute atomic E-state index is 0.275. The fourth-order valence-electron chi connectivity index (χ4n) is 3.71. The fraction of sp³-hybridized carbons (Fsp3) is 0.280. The van der Waals surface area contributed by atoms with E-state index in [1.807, 2.05) is 71.0 Å². The molecule has 0 unspecified atom stereocenters. The van der Waals surface area contributed by atoms with Crippen molar-refractivity contribution in [2.24, 2.45) is 0 Å². The summed E-state index contributed by atoms with van der Waals surface area (Å²) in [5, 5.41) is 11.2. The van der Waals surface area contributed by atoms with Crippen molar-refractivity contribution < 1.29 is 13.9 Å². The summed E-state index contributed by atoms with van der Waals surface area (Å²) in [4.78, 5) is 17.5. The number of carbonyl (C=O) groups excluding carboxylic acids is 1. The number of nitrogens with zero attached hydrogens (tertiary/aromatic N) is 4. The Kier molecular flexibility index (Phi) is 6.26. The van der Waals surface area contributed by atoms with E-state index in [4.69, 9.17) is 9.15 Å². The fourth-order valence-corrected chi connectivity index (χ4v) is 3.71. The Balaban J connectivity index is 1.55. The summed E-state index contributed by atoms with van der Waals surface area (Å²) < 4.78 is 13.3. The highest BCUT2D eigenvalue weighted by Gasteiger charge is 2.20. The number of para-hydroxylation sites is 1. The maximum absolute atomic E-state index is 12.8. The Morgan fingerprint density at radius 3 is 2.55 bits per heavy atom. The molecule has 0 aliphatic carbocycles. The van der Waals surface area contributed by atoms with Gasteiger partial charge in [0.1, 0.15) is 17.2 Å². The highest BCUT2D eigenvalue weighted by atomic mass is 16.5. The van der Waals surface area contributed by atoms with Gasteiger partial charge in [-0.3, -0.25) is 4.79 Å². The largest absolute Gasteiger partial charge is 0.493 e. The third kappa shape index (κ3) is 4.79. The van der Waals surface area contributed by atoms with Crippen LogP contribution in [0.2, 0.25) is 0 Å². The Labute approximate surface area is 192 Å². The summed E-state index contributed by atoms with van der Waals surface area (Å²) in [5.74, 6) is 1.58. The molecule has 0 saturated heterocycles. The molecule has 8 heteroatoms. The third-order valence-corrected chi connectivity index (χ3v) is 5.29. The van der Waals surface area contributed by atoms with Crippen molar-refractivity contribution in [1.29, 1.82) is 0 Å². The van der Waals surface area contributed by atoms with Crippen LogP contribution in [0, 0.1) is 27.7 Å². The van der Waals surface area contributed by atoms with E-state index in [0.717, 1.165) is 28.1 Å². The van der Waals surface area contributed by atoms with E-state index in [-0.39, 0.29) is 11.6 Å². The predicted molar refractivity (Wildman–Crippen MR) is 126 cm³/mol. The molecule has 4 rings (SSSR count). The number of aryl methyl sites for hydroxylation is 3. The van der Waals surface area contributed by atoms with Crippen molar-refractivity contribution in [3.63, 3.8) is 0 Å². The van der Waals surface area contributed by atoms with Crippen LogP contribution in [0.5, 0.6) is 5.75 Å². The van der Waals surface area contributed by atoms with Crippen LogP contribution in [0.15, 0.2) is 46.9 Å². The predicted octanol–water partition coefficient (Wildman–Crippen LogP) is 4.87. The lowest BCUT2D eigenvalue weighted by Gasteiger charge is -2.07. The number of ether oxygens (including phenoxy) is 1. The first-order valence-corrected chi connectivity index (χ1v) is 10.8. The van der Waals surface area contributed by atoms with E-state index in [1.54, 1.807) is 4.68 Å². The lowest BCUT2D eigenvalue weighted by Crippen LogP contribution is -2.14. The number of carbonyl (C=O) groups is 1. The highest BCUT2D eigenvalue weighted by molar-refractivity contribution is 6.03. The average Bonchev–Trinajstić information content (AvgIpc) is 3.31. The molecule has 1 N–H and O–H groups in total. The molecule has 0 aliphatic rings. The van der Waals surface area contributed by atoms with Crippen LogP contribution in [-0.4, -0.2) is 32.5 Å². The van der Waals surface area contributed by atoms with Crippen LogP contribution in [0.1, 0.15) is 45.7 Å². The SMILES string of the molecule is CCOc1ccccc1-c1nc(Cn2nnc(C(=O)Nc3cc(C)cc(C)c3)c2C)c(C)o1. The Morgan fingerprint density at radius 1 is 1.09 bits per heavy atom. The van der Waals surface area contributed by atoms with Gasteiger partial charge in [-0.1, -0.05) is 23.4 Å². The van der Waals surface area contributed by atoms with Crippen molar-refractivity contribution in [3.05, 3.63) is 76.4 Å². The minimum atomic E-state index is -0.299. The zero-order valence-electron chi connectivity index (χ0n) is 19.5. The molecule has 0 bridgehead atoms. The number of benzene rings is 2. The zero-order chi connectivity index (χ0) is 23.5. The number of aromatic nitrogens is 4. The zero-order valence-corrected chi connectivity index (χ0v) is 19.5. The van der Waals surface area contributed by atoms with E-state index < -0.39 is 0 Å². The van der Waals surface area contributed by atoms with E-state index >= 15 is 0 Å². The first kappa shape index (κ1) is 22.3. The lowest BCUT2D eigenvalue weighted by atomic mass is 10.1. The molecular weight excluding hydrogens is 418 g/mol. The van der Waals surface area contributed by atoms with Gasteiger partial charge in [0.15, 0.2) is 5.69 Å². The van der Waals surface area contributed by atoms with Crippen LogP contribution in [0.25, 0.3) is 11.5 Å². The van der Waals surface area contributed by atoms with Gasteiger partial charge in [0, 0.05) is 5.69 Å². The summed E-state index contributed by atoms with van der Waals surface area (Å²) in [6, 6.07) is 13.5. The molecule has 0 aliphatic heterocycles. The lowest BCUT2D eigenvalue weighted by molar-refractivity contribution is 0.102.